The number of aromatic hydroxyl groups is 1. The van der Waals surface area contributed by atoms with E-state index in [1.165, 1.54) is 0 Å². The van der Waals surface area contributed by atoms with Crippen molar-refractivity contribution in [3.63, 3.8) is 0 Å². The summed E-state index contributed by atoms with van der Waals surface area (Å²) in [5.41, 5.74) is 2.10. The van der Waals surface area contributed by atoms with E-state index in [1.54, 1.807) is 29.4 Å². The average Bonchev–Trinajstić information content (AvgIpc) is 3.04. The molecule has 0 unspecified atom stereocenters. The highest BCUT2D eigenvalue weighted by molar-refractivity contribution is 5.85. The molecule has 0 amide bonds. The number of phenols is 1. The van der Waals surface area contributed by atoms with Gasteiger partial charge in [-0.25, -0.2) is 4.98 Å². The average molecular weight is 228 g/mol. The van der Waals surface area contributed by atoms with Gasteiger partial charge in [0, 0.05) is 12.4 Å². The Morgan fingerprint density at radius 2 is 2.24 bits per heavy atom. The molecule has 1 fully saturated rings. The first-order valence-corrected chi connectivity index (χ1v) is 5.60. The number of nitrogens with zero attached hydrogens (tertiary/aromatic N) is 2. The number of benzene rings is 1. The van der Waals surface area contributed by atoms with Gasteiger partial charge < -0.3 is 9.67 Å². The monoisotopic (exact) mass is 228 g/mol. The molecule has 1 heterocycles. The van der Waals surface area contributed by atoms with E-state index >= 15 is 0 Å². The Bertz CT molecular complexity index is 557. The van der Waals surface area contributed by atoms with Gasteiger partial charge in [0.05, 0.1) is 17.6 Å². The number of imidazole rings is 1. The molecule has 1 N–H and O–H groups in total. The Morgan fingerprint density at radius 3 is 2.82 bits per heavy atom. The van der Waals surface area contributed by atoms with E-state index in [-0.39, 0.29) is 5.75 Å². The van der Waals surface area contributed by atoms with Gasteiger partial charge in [0.2, 0.25) is 0 Å². The fourth-order valence-corrected chi connectivity index (χ4v) is 2.03. The zero-order valence-electron chi connectivity index (χ0n) is 9.21. The lowest BCUT2D eigenvalue weighted by Crippen LogP contribution is -1.98. The van der Waals surface area contributed by atoms with Crippen LogP contribution in [0.1, 0.15) is 34.7 Å². The van der Waals surface area contributed by atoms with Crippen LogP contribution in [0.15, 0.2) is 30.9 Å². The molecule has 0 saturated heterocycles. The molecule has 0 radical (unpaired) electrons. The number of aromatic nitrogens is 2. The standard InChI is InChI=1S/C13H12N2O2/c16-7-11-12(15-4-3-14-8-15)5-10(6-13(11)17)9-1-2-9/h3-9,17H,1-2H2. The van der Waals surface area contributed by atoms with Gasteiger partial charge in [0.25, 0.3) is 0 Å². The molecule has 17 heavy (non-hydrogen) atoms. The van der Waals surface area contributed by atoms with Crippen molar-refractivity contribution in [3.8, 4) is 11.4 Å². The maximum atomic E-state index is 11.0. The van der Waals surface area contributed by atoms with Gasteiger partial charge in [-0.05, 0) is 36.5 Å². The summed E-state index contributed by atoms with van der Waals surface area (Å²) in [5, 5.41) is 9.88. The third kappa shape index (κ3) is 1.71. The predicted molar refractivity (Wildman–Crippen MR) is 62.6 cm³/mol. The smallest absolute Gasteiger partial charge is 0.155 e. The minimum absolute atomic E-state index is 0.0492. The topological polar surface area (TPSA) is 55.1 Å². The van der Waals surface area contributed by atoms with E-state index in [0.717, 1.165) is 18.4 Å². The third-order valence-corrected chi connectivity index (χ3v) is 3.11. The zero-order chi connectivity index (χ0) is 11.8. The fourth-order valence-electron chi connectivity index (χ4n) is 2.03. The Balaban J connectivity index is 2.19. The van der Waals surface area contributed by atoms with Crippen molar-refractivity contribution < 1.29 is 9.90 Å². The summed E-state index contributed by atoms with van der Waals surface area (Å²) in [6, 6.07) is 3.66. The lowest BCUT2D eigenvalue weighted by Gasteiger charge is -2.10. The Kier molecular flexibility index (Phi) is 2.21. The first-order chi connectivity index (χ1) is 8.29. The molecule has 1 aliphatic rings. The molecule has 86 valence electrons. The van der Waals surface area contributed by atoms with E-state index in [2.05, 4.69) is 4.98 Å². The highest BCUT2D eigenvalue weighted by atomic mass is 16.3. The van der Waals surface area contributed by atoms with Gasteiger partial charge in [0.15, 0.2) is 6.29 Å². The largest absolute Gasteiger partial charge is 0.507 e. The van der Waals surface area contributed by atoms with Crippen molar-refractivity contribution in [1.29, 1.82) is 0 Å². The van der Waals surface area contributed by atoms with E-state index in [0.29, 0.717) is 23.5 Å². The number of carbonyl (C=O) groups is 1. The molecular formula is C13H12N2O2. The van der Waals surface area contributed by atoms with E-state index in [4.69, 9.17) is 0 Å². The van der Waals surface area contributed by atoms with Crippen molar-refractivity contribution in [2.24, 2.45) is 0 Å². The number of carbonyl (C=O) groups excluding carboxylic acids is 1. The fraction of sp³-hybridized carbons (Fsp3) is 0.231. The van der Waals surface area contributed by atoms with E-state index < -0.39 is 0 Å². The second-order valence-electron chi connectivity index (χ2n) is 4.33. The van der Waals surface area contributed by atoms with Gasteiger partial charge in [-0.15, -0.1) is 0 Å². The highest BCUT2D eigenvalue weighted by Crippen LogP contribution is 2.42. The summed E-state index contributed by atoms with van der Waals surface area (Å²) in [7, 11) is 0. The summed E-state index contributed by atoms with van der Waals surface area (Å²) < 4.78 is 1.75. The van der Waals surface area contributed by atoms with Crippen molar-refractivity contribution >= 4 is 6.29 Å². The molecule has 0 bridgehead atoms. The van der Waals surface area contributed by atoms with Crippen LogP contribution in [0.3, 0.4) is 0 Å². The van der Waals surface area contributed by atoms with Crippen LogP contribution >= 0.6 is 0 Å². The number of phenolic OH excluding ortho intramolecular Hbond substituents is 1. The van der Waals surface area contributed by atoms with Gasteiger partial charge in [0.1, 0.15) is 5.75 Å². The van der Waals surface area contributed by atoms with Crippen molar-refractivity contribution in [2.75, 3.05) is 0 Å². The minimum Gasteiger partial charge on any atom is -0.507 e. The van der Waals surface area contributed by atoms with Gasteiger partial charge in [-0.1, -0.05) is 0 Å². The minimum atomic E-state index is 0.0492. The van der Waals surface area contributed by atoms with Crippen LogP contribution in [0, 0.1) is 0 Å². The summed E-state index contributed by atoms with van der Waals surface area (Å²) in [6.45, 7) is 0. The summed E-state index contributed by atoms with van der Waals surface area (Å²) in [6.07, 6.45) is 8.03. The first kappa shape index (κ1) is 10.1. The van der Waals surface area contributed by atoms with E-state index in [1.807, 2.05) is 6.07 Å². The Labute approximate surface area is 98.5 Å². The van der Waals surface area contributed by atoms with Crippen molar-refractivity contribution in [1.82, 2.24) is 9.55 Å². The number of rotatable bonds is 3. The molecule has 1 aliphatic carbocycles. The summed E-state index contributed by atoms with van der Waals surface area (Å²) >= 11 is 0. The van der Waals surface area contributed by atoms with Gasteiger partial charge in [-0.2, -0.15) is 0 Å². The molecule has 1 aromatic carbocycles. The Hall–Kier alpha value is -2.10. The van der Waals surface area contributed by atoms with Crippen molar-refractivity contribution in [2.45, 2.75) is 18.8 Å². The lowest BCUT2D eigenvalue weighted by molar-refractivity contribution is 0.112. The first-order valence-electron chi connectivity index (χ1n) is 5.60. The second-order valence-corrected chi connectivity index (χ2v) is 4.33. The van der Waals surface area contributed by atoms with Crippen LogP contribution in [-0.2, 0) is 0 Å². The molecule has 0 atom stereocenters. The molecule has 4 nitrogen and oxygen atoms in total. The maximum absolute atomic E-state index is 11.0. The van der Waals surface area contributed by atoms with Crippen LogP contribution in [0.4, 0.5) is 0 Å². The zero-order valence-corrected chi connectivity index (χ0v) is 9.21. The molecule has 0 aliphatic heterocycles. The van der Waals surface area contributed by atoms with E-state index in [9.17, 15) is 9.90 Å². The Morgan fingerprint density at radius 1 is 1.41 bits per heavy atom. The molecule has 2 aromatic rings. The highest BCUT2D eigenvalue weighted by Gasteiger charge is 2.25. The van der Waals surface area contributed by atoms with Crippen LogP contribution in [-0.4, -0.2) is 20.9 Å². The number of hydrogen-bond donors (Lipinski definition) is 1. The number of aldehydes is 1. The normalized spacial score (nSPS) is 14.8. The van der Waals surface area contributed by atoms with Gasteiger partial charge in [-0.3, -0.25) is 4.79 Å². The maximum Gasteiger partial charge on any atom is 0.155 e. The third-order valence-electron chi connectivity index (χ3n) is 3.11. The summed E-state index contributed by atoms with van der Waals surface area (Å²) in [5.74, 6) is 0.581. The van der Waals surface area contributed by atoms with Gasteiger partial charge >= 0.3 is 0 Å². The van der Waals surface area contributed by atoms with Crippen molar-refractivity contribution in [3.05, 3.63) is 42.0 Å². The van der Waals surface area contributed by atoms with Crippen LogP contribution in [0.25, 0.3) is 5.69 Å². The number of hydrogen-bond acceptors (Lipinski definition) is 3. The quantitative estimate of drug-likeness (QED) is 0.820. The van der Waals surface area contributed by atoms with Crippen LogP contribution in [0.5, 0.6) is 5.75 Å². The molecule has 0 spiro atoms. The second kappa shape index (κ2) is 3.73. The molecular weight excluding hydrogens is 216 g/mol. The summed E-state index contributed by atoms with van der Waals surface area (Å²) in [4.78, 5) is 15.0. The molecule has 4 heteroatoms. The predicted octanol–water partition coefficient (Wildman–Crippen LogP) is 2.27. The van der Waals surface area contributed by atoms with Crippen LogP contribution in [0.2, 0.25) is 0 Å². The molecule has 1 aromatic heterocycles. The molecule has 3 rings (SSSR count). The SMILES string of the molecule is O=Cc1c(O)cc(C2CC2)cc1-n1ccnc1. The molecule has 1 saturated carbocycles. The lowest BCUT2D eigenvalue weighted by atomic mass is 10.0. The van der Waals surface area contributed by atoms with Crippen LogP contribution < -0.4 is 0 Å².